The Morgan fingerprint density at radius 1 is 1.42 bits per heavy atom. The summed E-state index contributed by atoms with van der Waals surface area (Å²) in [5.41, 5.74) is 2.09. The van der Waals surface area contributed by atoms with E-state index in [0.29, 0.717) is 21.5 Å². The zero-order valence-corrected chi connectivity index (χ0v) is 12.4. The Morgan fingerprint density at radius 3 is 2.74 bits per heavy atom. The van der Waals surface area contributed by atoms with Crippen molar-refractivity contribution in [3.05, 3.63) is 39.4 Å². The quantitative estimate of drug-likeness (QED) is 0.940. The number of benzene rings is 1. The van der Waals surface area contributed by atoms with E-state index in [1.54, 1.807) is 12.1 Å². The second kappa shape index (κ2) is 5.59. The Labute approximate surface area is 120 Å². The number of amides is 1. The smallest absolute Gasteiger partial charge is 0.261 e. The fourth-order valence-corrected chi connectivity index (χ4v) is 2.70. The van der Waals surface area contributed by atoms with E-state index in [9.17, 15) is 4.79 Å². The number of carbonyl (C=O) groups excluding carboxylic acids is 1. The number of carbonyl (C=O) groups is 1. The second-order valence-electron chi connectivity index (χ2n) is 4.05. The highest BCUT2D eigenvalue weighted by Gasteiger charge is 2.16. The fourth-order valence-electron chi connectivity index (χ4n) is 1.75. The van der Waals surface area contributed by atoms with Crippen molar-refractivity contribution in [2.45, 2.75) is 13.8 Å². The summed E-state index contributed by atoms with van der Waals surface area (Å²) in [6, 6.07) is 3.34. The molecule has 0 atom stereocenters. The number of aromatic nitrogens is 1. The van der Waals surface area contributed by atoms with Crippen LogP contribution in [0.2, 0.25) is 5.02 Å². The molecule has 19 heavy (non-hydrogen) atoms. The van der Waals surface area contributed by atoms with Crippen LogP contribution in [0.5, 0.6) is 5.75 Å². The molecular formula is C13H13ClN2O2S. The highest BCUT2D eigenvalue weighted by molar-refractivity contribution is 7.13. The van der Waals surface area contributed by atoms with Gasteiger partial charge in [-0.15, -0.1) is 11.3 Å². The second-order valence-corrected chi connectivity index (χ2v) is 5.35. The number of halogens is 1. The van der Waals surface area contributed by atoms with Gasteiger partial charge in [0.05, 0.1) is 18.4 Å². The van der Waals surface area contributed by atoms with Crippen LogP contribution < -0.4 is 10.1 Å². The van der Waals surface area contributed by atoms with Crippen LogP contribution in [0, 0.1) is 13.8 Å². The van der Waals surface area contributed by atoms with E-state index in [0.717, 1.165) is 11.3 Å². The number of nitrogens with zero attached hydrogens (tertiary/aromatic N) is 1. The summed E-state index contributed by atoms with van der Waals surface area (Å²) >= 11 is 7.36. The van der Waals surface area contributed by atoms with Gasteiger partial charge in [0, 0.05) is 10.4 Å². The maximum Gasteiger partial charge on any atom is 0.261 e. The molecule has 0 radical (unpaired) electrons. The van der Waals surface area contributed by atoms with Gasteiger partial charge in [0.15, 0.2) is 5.13 Å². The average molecular weight is 297 g/mol. The van der Waals surface area contributed by atoms with Crippen LogP contribution in [0.4, 0.5) is 5.13 Å². The lowest BCUT2D eigenvalue weighted by Crippen LogP contribution is -2.13. The van der Waals surface area contributed by atoms with Crippen LogP contribution in [-0.4, -0.2) is 18.0 Å². The van der Waals surface area contributed by atoms with Gasteiger partial charge in [0.25, 0.3) is 5.91 Å². The molecule has 100 valence electrons. The van der Waals surface area contributed by atoms with Crippen LogP contribution in [0.15, 0.2) is 17.5 Å². The summed E-state index contributed by atoms with van der Waals surface area (Å²) in [5, 5.41) is 5.67. The molecule has 0 saturated carbocycles. The number of anilines is 1. The molecule has 2 rings (SSSR count). The number of nitrogens with one attached hydrogen (secondary N) is 1. The maximum absolute atomic E-state index is 12.2. The van der Waals surface area contributed by atoms with Crippen LogP contribution in [0.3, 0.4) is 0 Å². The maximum atomic E-state index is 12.2. The summed E-state index contributed by atoms with van der Waals surface area (Å²) in [6.45, 7) is 3.71. The Balaban J connectivity index is 2.33. The Morgan fingerprint density at radius 2 is 2.16 bits per heavy atom. The highest BCUT2D eigenvalue weighted by Crippen LogP contribution is 2.28. The number of methoxy groups -OCH3 is 1. The van der Waals surface area contributed by atoms with Crippen LogP contribution in [0.25, 0.3) is 0 Å². The molecule has 0 aliphatic carbocycles. The molecule has 1 aromatic heterocycles. The fraction of sp³-hybridized carbons (Fsp3) is 0.231. The Bertz CT molecular complexity index is 625. The molecule has 0 bridgehead atoms. The zero-order valence-electron chi connectivity index (χ0n) is 10.8. The standard InChI is InChI=1S/C13H13ClN2O2S/c1-7-4-9(14)5-10(11(7)18-3)12(17)16-13-15-8(2)6-19-13/h4-6H,1-3H3,(H,15,16,17). The van der Waals surface area contributed by atoms with Crippen molar-refractivity contribution >= 4 is 34.0 Å². The molecule has 2 aromatic rings. The lowest BCUT2D eigenvalue weighted by Gasteiger charge is -2.11. The predicted octanol–water partition coefficient (Wildman–Crippen LogP) is 3.67. The van der Waals surface area contributed by atoms with Crippen molar-refractivity contribution in [3.8, 4) is 5.75 Å². The first-order valence-corrected chi connectivity index (χ1v) is 6.84. The third-order valence-electron chi connectivity index (χ3n) is 2.53. The molecule has 0 spiro atoms. The monoisotopic (exact) mass is 296 g/mol. The summed E-state index contributed by atoms with van der Waals surface area (Å²) in [6.07, 6.45) is 0. The molecular weight excluding hydrogens is 284 g/mol. The summed E-state index contributed by atoms with van der Waals surface area (Å²) in [5.74, 6) is 0.243. The minimum absolute atomic E-state index is 0.281. The minimum atomic E-state index is -0.281. The van der Waals surface area contributed by atoms with E-state index in [4.69, 9.17) is 16.3 Å². The molecule has 0 aliphatic rings. The third-order valence-corrected chi connectivity index (χ3v) is 3.62. The van der Waals surface area contributed by atoms with E-state index in [2.05, 4.69) is 10.3 Å². The van der Waals surface area contributed by atoms with Crippen molar-refractivity contribution < 1.29 is 9.53 Å². The molecule has 0 fully saturated rings. The molecule has 0 saturated heterocycles. The number of rotatable bonds is 3. The molecule has 4 nitrogen and oxygen atoms in total. The average Bonchev–Trinajstić information content (AvgIpc) is 2.73. The molecule has 1 heterocycles. The van der Waals surface area contributed by atoms with Crippen molar-refractivity contribution in [1.29, 1.82) is 0 Å². The van der Waals surface area contributed by atoms with E-state index in [-0.39, 0.29) is 5.91 Å². The van der Waals surface area contributed by atoms with Gasteiger partial charge in [0.1, 0.15) is 5.75 Å². The topological polar surface area (TPSA) is 51.2 Å². The zero-order chi connectivity index (χ0) is 14.0. The number of ether oxygens (including phenoxy) is 1. The van der Waals surface area contributed by atoms with Gasteiger partial charge < -0.3 is 4.74 Å². The van der Waals surface area contributed by atoms with Gasteiger partial charge in [0.2, 0.25) is 0 Å². The van der Waals surface area contributed by atoms with Crippen LogP contribution in [0.1, 0.15) is 21.6 Å². The lowest BCUT2D eigenvalue weighted by atomic mass is 10.1. The highest BCUT2D eigenvalue weighted by atomic mass is 35.5. The largest absolute Gasteiger partial charge is 0.496 e. The SMILES string of the molecule is COc1c(C)cc(Cl)cc1C(=O)Nc1nc(C)cs1. The predicted molar refractivity (Wildman–Crippen MR) is 77.5 cm³/mol. The minimum Gasteiger partial charge on any atom is -0.496 e. The molecule has 1 amide bonds. The number of hydrogen-bond donors (Lipinski definition) is 1. The number of hydrogen-bond acceptors (Lipinski definition) is 4. The number of aryl methyl sites for hydroxylation is 2. The molecule has 0 unspecified atom stereocenters. The summed E-state index contributed by atoms with van der Waals surface area (Å²) in [4.78, 5) is 16.4. The lowest BCUT2D eigenvalue weighted by molar-refractivity contribution is 0.102. The first-order valence-electron chi connectivity index (χ1n) is 5.59. The van der Waals surface area contributed by atoms with Crippen molar-refractivity contribution in [2.75, 3.05) is 12.4 Å². The molecule has 6 heteroatoms. The van der Waals surface area contributed by atoms with Crippen molar-refractivity contribution in [1.82, 2.24) is 4.98 Å². The van der Waals surface area contributed by atoms with Crippen LogP contribution in [-0.2, 0) is 0 Å². The Kier molecular flexibility index (Phi) is 4.07. The summed E-state index contributed by atoms with van der Waals surface area (Å²) in [7, 11) is 1.53. The van der Waals surface area contributed by atoms with Gasteiger partial charge in [-0.3, -0.25) is 10.1 Å². The number of thiazole rings is 1. The van der Waals surface area contributed by atoms with E-state index in [1.807, 2.05) is 19.2 Å². The van der Waals surface area contributed by atoms with Gasteiger partial charge in [-0.2, -0.15) is 0 Å². The first kappa shape index (κ1) is 13.8. The van der Waals surface area contributed by atoms with Gasteiger partial charge >= 0.3 is 0 Å². The van der Waals surface area contributed by atoms with Gasteiger partial charge in [-0.05, 0) is 31.5 Å². The normalized spacial score (nSPS) is 10.3. The van der Waals surface area contributed by atoms with Crippen LogP contribution >= 0.6 is 22.9 Å². The van der Waals surface area contributed by atoms with E-state index < -0.39 is 0 Å². The Hall–Kier alpha value is -1.59. The van der Waals surface area contributed by atoms with E-state index in [1.165, 1.54) is 18.4 Å². The van der Waals surface area contributed by atoms with E-state index >= 15 is 0 Å². The molecule has 0 aliphatic heterocycles. The summed E-state index contributed by atoms with van der Waals surface area (Å²) < 4.78 is 5.26. The molecule has 1 aromatic carbocycles. The third kappa shape index (κ3) is 3.05. The van der Waals surface area contributed by atoms with Gasteiger partial charge in [-0.25, -0.2) is 4.98 Å². The molecule has 1 N–H and O–H groups in total. The van der Waals surface area contributed by atoms with Crippen molar-refractivity contribution in [2.24, 2.45) is 0 Å². The first-order chi connectivity index (χ1) is 9.01. The van der Waals surface area contributed by atoms with Crippen molar-refractivity contribution in [3.63, 3.8) is 0 Å². The van der Waals surface area contributed by atoms with Gasteiger partial charge in [-0.1, -0.05) is 11.6 Å².